The molecule has 0 spiro atoms. The van der Waals surface area contributed by atoms with Crippen molar-refractivity contribution in [2.24, 2.45) is 0 Å². The van der Waals surface area contributed by atoms with E-state index in [2.05, 4.69) is 9.47 Å². The Balaban J connectivity index is 2.83. The van der Waals surface area contributed by atoms with Crippen molar-refractivity contribution in [3.63, 3.8) is 0 Å². The van der Waals surface area contributed by atoms with Crippen LogP contribution >= 0.6 is 0 Å². The average molecular weight is 239 g/mol. The number of anilines is 1. The van der Waals surface area contributed by atoms with E-state index in [1.165, 1.54) is 32.4 Å². The van der Waals surface area contributed by atoms with Gasteiger partial charge >= 0.3 is 11.9 Å². The molecule has 6 nitrogen and oxygen atoms in total. The van der Waals surface area contributed by atoms with E-state index in [4.69, 9.17) is 10.5 Å². The molecule has 0 aromatic heterocycles. The molecular formula is C11H13NO5. The second-order valence-corrected chi connectivity index (χ2v) is 3.11. The molecule has 1 rings (SSSR count). The Morgan fingerprint density at radius 2 is 1.94 bits per heavy atom. The highest BCUT2D eigenvalue weighted by atomic mass is 16.6. The molecule has 0 aliphatic rings. The molecule has 2 N–H and O–H groups in total. The minimum absolute atomic E-state index is 0.235. The number of carbonyl (C=O) groups excluding carboxylic acids is 2. The maximum Gasteiger partial charge on any atom is 0.343 e. The third-order valence-corrected chi connectivity index (χ3v) is 2.01. The summed E-state index contributed by atoms with van der Waals surface area (Å²) in [5.41, 5.74) is 6.24. The molecule has 0 aliphatic carbocycles. The van der Waals surface area contributed by atoms with Crippen LogP contribution in [0.4, 0.5) is 5.69 Å². The van der Waals surface area contributed by atoms with Crippen LogP contribution in [0.25, 0.3) is 0 Å². The van der Waals surface area contributed by atoms with Crippen molar-refractivity contribution in [2.75, 3.05) is 26.6 Å². The Morgan fingerprint density at radius 3 is 2.53 bits per heavy atom. The molecule has 0 heterocycles. The predicted molar refractivity (Wildman–Crippen MR) is 59.7 cm³/mol. The molecule has 1 aromatic rings. The Bertz CT molecular complexity index is 430. The Kier molecular flexibility index (Phi) is 4.33. The molecule has 0 bridgehead atoms. The lowest BCUT2D eigenvalue weighted by atomic mass is 10.2. The molecule has 0 radical (unpaired) electrons. The molecule has 0 atom stereocenters. The summed E-state index contributed by atoms with van der Waals surface area (Å²) in [6.45, 7) is -0.272. The van der Waals surface area contributed by atoms with Gasteiger partial charge in [-0.15, -0.1) is 0 Å². The SMILES string of the molecule is COC(=O)COc1cc(C(=O)OC)ccc1N. The molecule has 1 aromatic carbocycles. The fraction of sp³-hybridized carbons (Fsp3) is 0.273. The van der Waals surface area contributed by atoms with Gasteiger partial charge in [-0.3, -0.25) is 0 Å². The number of rotatable bonds is 4. The van der Waals surface area contributed by atoms with Crippen LogP contribution in [-0.4, -0.2) is 32.8 Å². The zero-order valence-corrected chi connectivity index (χ0v) is 9.56. The smallest absolute Gasteiger partial charge is 0.343 e. The van der Waals surface area contributed by atoms with Crippen molar-refractivity contribution in [1.29, 1.82) is 0 Å². The van der Waals surface area contributed by atoms with Gasteiger partial charge in [-0.1, -0.05) is 0 Å². The van der Waals surface area contributed by atoms with E-state index < -0.39 is 11.9 Å². The van der Waals surface area contributed by atoms with E-state index in [9.17, 15) is 9.59 Å². The van der Waals surface area contributed by atoms with Crippen molar-refractivity contribution in [2.45, 2.75) is 0 Å². The van der Waals surface area contributed by atoms with Crippen LogP contribution in [0.3, 0.4) is 0 Å². The van der Waals surface area contributed by atoms with Gasteiger partial charge in [-0.25, -0.2) is 9.59 Å². The standard InChI is InChI=1S/C11H13NO5/c1-15-10(13)6-17-9-5-7(11(14)16-2)3-4-8(9)12/h3-5H,6,12H2,1-2H3. The van der Waals surface area contributed by atoms with Crippen LogP contribution in [0.5, 0.6) is 5.75 Å². The Morgan fingerprint density at radius 1 is 1.24 bits per heavy atom. The van der Waals surface area contributed by atoms with Crippen LogP contribution in [-0.2, 0) is 14.3 Å². The minimum atomic E-state index is -0.534. The van der Waals surface area contributed by atoms with Gasteiger partial charge in [0.05, 0.1) is 25.5 Å². The third kappa shape index (κ3) is 3.37. The second-order valence-electron chi connectivity index (χ2n) is 3.11. The minimum Gasteiger partial charge on any atom is -0.480 e. The van der Waals surface area contributed by atoms with E-state index in [1.807, 2.05) is 0 Å². The lowest BCUT2D eigenvalue weighted by molar-refractivity contribution is -0.142. The first kappa shape index (κ1) is 12.8. The van der Waals surface area contributed by atoms with Gasteiger partial charge in [0.25, 0.3) is 0 Å². The van der Waals surface area contributed by atoms with E-state index in [-0.39, 0.29) is 12.4 Å². The first-order valence-electron chi connectivity index (χ1n) is 4.76. The molecule has 0 aliphatic heterocycles. The van der Waals surface area contributed by atoms with Crippen LogP contribution in [0.1, 0.15) is 10.4 Å². The zero-order chi connectivity index (χ0) is 12.8. The quantitative estimate of drug-likeness (QED) is 0.611. The van der Waals surface area contributed by atoms with Gasteiger partial charge in [0.1, 0.15) is 5.75 Å². The lowest BCUT2D eigenvalue weighted by Gasteiger charge is -2.09. The average Bonchev–Trinajstić information content (AvgIpc) is 2.36. The zero-order valence-electron chi connectivity index (χ0n) is 9.56. The first-order valence-corrected chi connectivity index (χ1v) is 4.76. The molecule has 6 heteroatoms. The van der Waals surface area contributed by atoms with Gasteiger partial charge in [0.2, 0.25) is 0 Å². The van der Waals surface area contributed by atoms with Crippen molar-refractivity contribution in [3.05, 3.63) is 23.8 Å². The fourth-order valence-electron chi connectivity index (χ4n) is 1.10. The van der Waals surface area contributed by atoms with Gasteiger partial charge in [0, 0.05) is 0 Å². The van der Waals surface area contributed by atoms with E-state index >= 15 is 0 Å². The summed E-state index contributed by atoms with van der Waals surface area (Å²) in [6, 6.07) is 4.41. The second kappa shape index (κ2) is 5.74. The van der Waals surface area contributed by atoms with Gasteiger partial charge in [-0.2, -0.15) is 0 Å². The van der Waals surface area contributed by atoms with Gasteiger partial charge < -0.3 is 19.9 Å². The van der Waals surface area contributed by atoms with Gasteiger partial charge in [-0.05, 0) is 18.2 Å². The summed E-state index contributed by atoms with van der Waals surface area (Å²) < 4.78 is 14.1. The summed E-state index contributed by atoms with van der Waals surface area (Å²) in [6.07, 6.45) is 0. The normalized spacial score (nSPS) is 9.53. The number of ether oxygens (including phenoxy) is 3. The molecule has 0 saturated carbocycles. The molecular weight excluding hydrogens is 226 g/mol. The summed E-state index contributed by atoms with van der Waals surface area (Å²) >= 11 is 0. The number of hydrogen-bond donors (Lipinski definition) is 1. The first-order chi connectivity index (χ1) is 8.08. The molecule has 0 unspecified atom stereocenters. The van der Waals surface area contributed by atoms with E-state index in [0.717, 1.165) is 0 Å². The number of nitrogens with two attached hydrogens (primary N) is 1. The number of carbonyl (C=O) groups is 2. The summed E-state index contributed by atoms with van der Waals surface area (Å²) in [5, 5.41) is 0. The van der Waals surface area contributed by atoms with Crippen LogP contribution in [0, 0.1) is 0 Å². The van der Waals surface area contributed by atoms with Gasteiger partial charge in [0.15, 0.2) is 6.61 Å². The molecule has 0 amide bonds. The Labute approximate surface area is 98.3 Å². The van der Waals surface area contributed by atoms with E-state index in [0.29, 0.717) is 11.3 Å². The number of methoxy groups -OCH3 is 2. The predicted octanol–water partition coefficient (Wildman–Crippen LogP) is 0.607. The largest absolute Gasteiger partial charge is 0.480 e. The monoisotopic (exact) mass is 239 g/mol. The van der Waals surface area contributed by atoms with Crippen molar-refractivity contribution >= 4 is 17.6 Å². The van der Waals surface area contributed by atoms with Crippen molar-refractivity contribution in [3.8, 4) is 5.75 Å². The molecule has 0 fully saturated rings. The number of hydrogen-bond acceptors (Lipinski definition) is 6. The highest BCUT2D eigenvalue weighted by molar-refractivity contribution is 5.90. The fourth-order valence-corrected chi connectivity index (χ4v) is 1.10. The third-order valence-electron chi connectivity index (χ3n) is 2.01. The maximum atomic E-state index is 11.3. The Hall–Kier alpha value is -2.24. The summed E-state index contributed by atoms with van der Waals surface area (Å²) in [5.74, 6) is -0.806. The van der Waals surface area contributed by atoms with E-state index in [1.54, 1.807) is 0 Å². The molecule has 92 valence electrons. The number of benzene rings is 1. The number of esters is 2. The van der Waals surface area contributed by atoms with Crippen LogP contribution in [0.15, 0.2) is 18.2 Å². The highest BCUT2D eigenvalue weighted by Crippen LogP contribution is 2.23. The number of nitrogen functional groups attached to an aromatic ring is 1. The highest BCUT2D eigenvalue weighted by Gasteiger charge is 2.10. The maximum absolute atomic E-state index is 11.3. The van der Waals surface area contributed by atoms with Crippen LogP contribution in [0.2, 0.25) is 0 Å². The topological polar surface area (TPSA) is 87.8 Å². The molecule has 17 heavy (non-hydrogen) atoms. The van der Waals surface area contributed by atoms with Crippen LogP contribution < -0.4 is 10.5 Å². The van der Waals surface area contributed by atoms with Crippen molar-refractivity contribution in [1.82, 2.24) is 0 Å². The van der Waals surface area contributed by atoms with Crippen molar-refractivity contribution < 1.29 is 23.8 Å². The summed E-state index contributed by atoms with van der Waals surface area (Å²) in [4.78, 5) is 22.2. The molecule has 0 saturated heterocycles. The summed E-state index contributed by atoms with van der Waals surface area (Å²) in [7, 11) is 2.52. The lowest BCUT2D eigenvalue weighted by Crippen LogP contribution is -2.13.